The van der Waals surface area contributed by atoms with Gasteiger partial charge >= 0.3 is 6.03 Å². The fraction of sp³-hybridized carbons (Fsp3) is 0.588. The Morgan fingerprint density at radius 3 is 2.48 bits per heavy atom. The zero-order chi connectivity index (χ0) is 16.0. The number of carbonyl (C=O) groups is 1. The zero-order valence-electron chi connectivity index (χ0n) is 13.7. The van der Waals surface area contributed by atoms with E-state index in [0.717, 1.165) is 0 Å². The molecule has 0 spiro atoms. The standard InChI is InChI=1S/C17H28N2O2/c1-12-8-6-7-9-15(12)17(4,5)11-18-16(21)19-14(3)13(2)10-20/h6-9,13-14,20H,10-11H2,1-5H3,(H2,18,19,21). The fourth-order valence-electron chi connectivity index (χ4n) is 2.29. The summed E-state index contributed by atoms with van der Waals surface area (Å²) in [4.78, 5) is 11.9. The minimum Gasteiger partial charge on any atom is -0.396 e. The first-order valence-corrected chi connectivity index (χ1v) is 7.49. The second-order valence-electron chi connectivity index (χ2n) is 6.47. The second kappa shape index (κ2) is 7.46. The highest BCUT2D eigenvalue weighted by molar-refractivity contribution is 5.74. The Morgan fingerprint density at radius 1 is 1.29 bits per heavy atom. The van der Waals surface area contributed by atoms with Crippen LogP contribution in [0.4, 0.5) is 4.79 Å². The fourth-order valence-corrected chi connectivity index (χ4v) is 2.29. The van der Waals surface area contributed by atoms with Gasteiger partial charge in [0.05, 0.1) is 0 Å². The molecule has 0 aliphatic rings. The van der Waals surface area contributed by atoms with Crippen molar-refractivity contribution < 1.29 is 9.90 Å². The molecule has 1 aromatic carbocycles. The number of aryl methyl sites for hydroxylation is 1. The minimum atomic E-state index is -0.190. The van der Waals surface area contributed by atoms with Crippen molar-refractivity contribution in [2.75, 3.05) is 13.2 Å². The maximum Gasteiger partial charge on any atom is 0.315 e. The Balaban J connectivity index is 2.58. The van der Waals surface area contributed by atoms with Gasteiger partial charge in [-0.05, 0) is 30.9 Å². The lowest BCUT2D eigenvalue weighted by Crippen LogP contribution is -2.47. The summed E-state index contributed by atoms with van der Waals surface area (Å²) in [5.74, 6) is 0.0418. The van der Waals surface area contributed by atoms with E-state index in [0.29, 0.717) is 6.54 Å². The first-order chi connectivity index (χ1) is 9.77. The molecular weight excluding hydrogens is 264 g/mol. The van der Waals surface area contributed by atoms with Crippen molar-refractivity contribution >= 4 is 6.03 Å². The second-order valence-corrected chi connectivity index (χ2v) is 6.47. The molecule has 0 saturated carbocycles. The van der Waals surface area contributed by atoms with E-state index >= 15 is 0 Å². The van der Waals surface area contributed by atoms with Crippen molar-refractivity contribution in [1.29, 1.82) is 0 Å². The number of nitrogens with one attached hydrogen (secondary N) is 2. The van der Waals surface area contributed by atoms with Gasteiger partial charge in [-0.3, -0.25) is 0 Å². The van der Waals surface area contributed by atoms with E-state index in [1.165, 1.54) is 11.1 Å². The summed E-state index contributed by atoms with van der Waals surface area (Å²) in [7, 11) is 0. The van der Waals surface area contributed by atoms with Gasteiger partial charge in [-0.15, -0.1) is 0 Å². The Morgan fingerprint density at radius 2 is 1.90 bits per heavy atom. The third-order valence-electron chi connectivity index (χ3n) is 4.07. The monoisotopic (exact) mass is 292 g/mol. The molecule has 0 fully saturated rings. The molecule has 4 nitrogen and oxygen atoms in total. The molecule has 3 N–H and O–H groups in total. The highest BCUT2D eigenvalue weighted by Gasteiger charge is 2.23. The molecule has 1 rings (SSSR count). The van der Waals surface area contributed by atoms with Gasteiger partial charge in [0.2, 0.25) is 0 Å². The SMILES string of the molecule is Cc1ccccc1C(C)(C)CNC(=O)NC(C)C(C)CO. The number of urea groups is 1. The van der Waals surface area contributed by atoms with Crippen LogP contribution in [-0.4, -0.2) is 30.3 Å². The summed E-state index contributed by atoms with van der Waals surface area (Å²) < 4.78 is 0. The lowest BCUT2D eigenvalue weighted by atomic mass is 9.82. The van der Waals surface area contributed by atoms with Gasteiger partial charge in [0.1, 0.15) is 0 Å². The minimum absolute atomic E-state index is 0.0418. The summed E-state index contributed by atoms with van der Waals surface area (Å²) in [6.45, 7) is 10.8. The third kappa shape index (κ3) is 5.05. The third-order valence-corrected chi connectivity index (χ3v) is 4.07. The van der Waals surface area contributed by atoms with Crippen molar-refractivity contribution in [3.05, 3.63) is 35.4 Å². The van der Waals surface area contributed by atoms with Crippen LogP contribution in [0, 0.1) is 12.8 Å². The number of hydrogen-bond donors (Lipinski definition) is 3. The number of amides is 2. The molecule has 0 aromatic heterocycles. The van der Waals surface area contributed by atoms with E-state index < -0.39 is 0 Å². The molecule has 2 unspecified atom stereocenters. The van der Waals surface area contributed by atoms with Crippen molar-refractivity contribution in [3.8, 4) is 0 Å². The van der Waals surface area contributed by atoms with Crippen LogP contribution in [-0.2, 0) is 5.41 Å². The molecule has 0 heterocycles. The molecule has 0 radical (unpaired) electrons. The van der Waals surface area contributed by atoms with E-state index in [1.54, 1.807) is 0 Å². The molecule has 118 valence electrons. The van der Waals surface area contributed by atoms with E-state index in [2.05, 4.69) is 43.5 Å². The molecule has 21 heavy (non-hydrogen) atoms. The van der Waals surface area contributed by atoms with Crippen LogP contribution in [0.3, 0.4) is 0 Å². The lowest BCUT2D eigenvalue weighted by Gasteiger charge is -2.28. The first-order valence-electron chi connectivity index (χ1n) is 7.49. The summed E-state index contributed by atoms with van der Waals surface area (Å²) in [5.41, 5.74) is 2.34. The normalized spacial score (nSPS) is 14.4. The Labute approximate surface area is 128 Å². The van der Waals surface area contributed by atoms with Gasteiger partial charge in [0.15, 0.2) is 0 Å². The molecule has 0 aliphatic heterocycles. The predicted octanol–water partition coefficient (Wildman–Crippen LogP) is 2.59. The molecule has 0 bridgehead atoms. The van der Waals surface area contributed by atoms with Gasteiger partial charge in [-0.1, -0.05) is 45.0 Å². The highest BCUT2D eigenvalue weighted by Crippen LogP contribution is 2.25. The largest absolute Gasteiger partial charge is 0.396 e. The van der Waals surface area contributed by atoms with Crippen LogP contribution in [0.5, 0.6) is 0 Å². The predicted molar refractivity (Wildman–Crippen MR) is 86.5 cm³/mol. The highest BCUT2D eigenvalue weighted by atomic mass is 16.3. The van der Waals surface area contributed by atoms with E-state index in [1.807, 2.05) is 26.0 Å². The van der Waals surface area contributed by atoms with Gasteiger partial charge in [-0.2, -0.15) is 0 Å². The smallest absolute Gasteiger partial charge is 0.315 e. The first kappa shape index (κ1) is 17.5. The summed E-state index contributed by atoms with van der Waals surface area (Å²) in [5, 5.41) is 14.9. The van der Waals surface area contributed by atoms with Crippen molar-refractivity contribution in [1.82, 2.24) is 10.6 Å². The Bertz CT molecular complexity index is 472. The average molecular weight is 292 g/mol. The maximum atomic E-state index is 11.9. The molecule has 0 aliphatic carbocycles. The topological polar surface area (TPSA) is 61.4 Å². The molecular formula is C17H28N2O2. The lowest BCUT2D eigenvalue weighted by molar-refractivity contribution is 0.199. The molecule has 2 atom stereocenters. The molecule has 0 saturated heterocycles. The summed E-state index contributed by atoms with van der Waals surface area (Å²) in [6.07, 6.45) is 0. The quantitative estimate of drug-likeness (QED) is 0.754. The van der Waals surface area contributed by atoms with Gasteiger partial charge in [-0.25, -0.2) is 4.79 Å². The van der Waals surface area contributed by atoms with E-state index in [-0.39, 0.29) is 30.0 Å². The van der Waals surface area contributed by atoms with Crippen molar-refractivity contribution in [3.63, 3.8) is 0 Å². The van der Waals surface area contributed by atoms with Gasteiger partial charge in [0, 0.05) is 24.6 Å². The van der Waals surface area contributed by atoms with E-state index in [9.17, 15) is 4.79 Å². The van der Waals surface area contributed by atoms with E-state index in [4.69, 9.17) is 5.11 Å². The summed E-state index contributed by atoms with van der Waals surface area (Å²) >= 11 is 0. The Hall–Kier alpha value is -1.55. The molecule has 2 amide bonds. The number of rotatable bonds is 6. The molecule has 1 aromatic rings. The van der Waals surface area contributed by atoms with Crippen LogP contribution in [0.15, 0.2) is 24.3 Å². The zero-order valence-corrected chi connectivity index (χ0v) is 13.7. The number of aliphatic hydroxyl groups is 1. The van der Waals surface area contributed by atoms with Crippen molar-refractivity contribution in [2.24, 2.45) is 5.92 Å². The number of carbonyl (C=O) groups excluding carboxylic acids is 1. The van der Waals surface area contributed by atoms with Crippen LogP contribution in [0.2, 0.25) is 0 Å². The number of benzene rings is 1. The van der Waals surface area contributed by atoms with Crippen LogP contribution >= 0.6 is 0 Å². The van der Waals surface area contributed by atoms with Gasteiger partial charge < -0.3 is 15.7 Å². The maximum absolute atomic E-state index is 11.9. The average Bonchev–Trinajstić information content (AvgIpc) is 2.44. The molecule has 4 heteroatoms. The van der Waals surface area contributed by atoms with Crippen molar-refractivity contribution in [2.45, 2.75) is 46.1 Å². The number of hydrogen-bond acceptors (Lipinski definition) is 2. The number of aliphatic hydroxyl groups excluding tert-OH is 1. The summed E-state index contributed by atoms with van der Waals surface area (Å²) in [6, 6.07) is 7.98. The van der Waals surface area contributed by atoms with Gasteiger partial charge in [0.25, 0.3) is 0 Å². The van der Waals surface area contributed by atoms with Crippen LogP contribution in [0.1, 0.15) is 38.8 Å². The van der Waals surface area contributed by atoms with Crippen LogP contribution < -0.4 is 10.6 Å². The van der Waals surface area contributed by atoms with Crippen LogP contribution in [0.25, 0.3) is 0 Å². The Kier molecular flexibility index (Phi) is 6.21.